The Morgan fingerprint density at radius 2 is 1.83 bits per heavy atom. The number of fused-ring (bicyclic) bond motifs is 1. The number of nitrogens with zero attached hydrogens (tertiary/aromatic N) is 4. The van der Waals surface area contributed by atoms with Gasteiger partial charge in [0.05, 0.1) is 22.5 Å². The molecule has 2 aromatic heterocycles. The fourth-order valence-corrected chi connectivity index (χ4v) is 4.43. The van der Waals surface area contributed by atoms with Crippen molar-refractivity contribution in [1.82, 2.24) is 14.9 Å². The number of carbonyl (C=O) groups excluding carboxylic acids is 3. The van der Waals surface area contributed by atoms with Crippen molar-refractivity contribution in [3.8, 4) is 0 Å². The molecule has 1 aliphatic heterocycles. The summed E-state index contributed by atoms with van der Waals surface area (Å²) in [7, 11) is 0. The van der Waals surface area contributed by atoms with Gasteiger partial charge in [-0.2, -0.15) is 0 Å². The molecule has 1 fully saturated rings. The second kappa shape index (κ2) is 7.71. The van der Waals surface area contributed by atoms with Crippen LogP contribution in [-0.2, 0) is 20.9 Å². The molecule has 3 aromatic rings. The molecule has 0 aliphatic carbocycles. The van der Waals surface area contributed by atoms with Gasteiger partial charge in [0.1, 0.15) is 6.54 Å². The number of carbonyl (C=O) groups is 3. The highest BCUT2D eigenvalue weighted by Crippen LogP contribution is 2.33. The molecule has 29 heavy (non-hydrogen) atoms. The summed E-state index contributed by atoms with van der Waals surface area (Å²) in [6.07, 6.45) is 1.98. The van der Waals surface area contributed by atoms with Crippen molar-refractivity contribution < 1.29 is 14.4 Å². The quantitative estimate of drug-likeness (QED) is 0.606. The molecular weight excluding hydrogens is 388 g/mol. The Labute approximate surface area is 172 Å². The Morgan fingerprint density at radius 3 is 2.48 bits per heavy atom. The van der Waals surface area contributed by atoms with Gasteiger partial charge in [0.15, 0.2) is 5.13 Å². The van der Waals surface area contributed by atoms with Crippen LogP contribution in [0.3, 0.4) is 0 Å². The van der Waals surface area contributed by atoms with Gasteiger partial charge < -0.3 is 0 Å². The van der Waals surface area contributed by atoms with Crippen LogP contribution in [0.2, 0.25) is 0 Å². The Bertz CT molecular complexity index is 1050. The van der Waals surface area contributed by atoms with Crippen molar-refractivity contribution in [3.63, 3.8) is 0 Å². The number of hydrogen-bond acceptors (Lipinski definition) is 6. The van der Waals surface area contributed by atoms with Crippen LogP contribution in [0.15, 0.2) is 36.5 Å². The molecule has 0 N–H and O–H groups in total. The van der Waals surface area contributed by atoms with E-state index in [1.54, 1.807) is 6.20 Å². The fraction of sp³-hybridized carbons (Fsp3) is 0.286. The average Bonchev–Trinajstić information content (AvgIpc) is 3.30. The van der Waals surface area contributed by atoms with E-state index < -0.39 is 0 Å². The number of likely N-dealkylation sites (tertiary alicyclic amines) is 1. The monoisotopic (exact) mass is 408 g/mol. The number of aryl methyl sites for hydroxylation is 2. The van der Waals surface area contributed by atoms with Crippen molar-refractivity contribution in [2.24, 2.45) is 0 Å². The highest BCUT2D eigenvalue weighted by Gasteiger charge is 2.33. The van der Waals surface area contributed by atoms with Crippen LogP contribution in [0.4, 0.5) is 5.13 Å². The number of aromatic nitrogens is 2. The van der Waals surface area contributed by atoms with E-state index in [9.17, 15) is 14.4 Å². The molecule has 0 bridgehead atoms. The minimum Gasteiger partial charge on any atom is -0.280 e. The summed E-state index contributed by atoms with van der Waals surface area (Å²) in [4.78, 5) is 48.7. The van der Waals surface area contributed by atoms with Gasteiger partial charge in [-0.05, 0) is 37.1 Å². The third-order valence-electron chi connectivity index (χ3n) is 4.96. The largest absolute Gasteiger partial charge is 0.280 e. The lowest BCUT2D eigenvalue weighted by molar-refractivity contribution is -0.141. The van der Waals surface area contributed by atoms with Crippen molar-refractivity contribution in [2.75, 3.05) is 11.4 Å². The molecule has 0 saturated carbocycles. The van der Waals surface area contributed by atoms with Crippen molar-refractivity contribution in [1.29, 1.82) is 0 Å². The molecule has 8 heteroatoms. The van der Waals surface area contributed by atoms with Gasteiger partial charge in [-0.3, -0.25) is 29.2 Å². The molecule has 4 rings (SSSR count). The molecule has 1 aromatic carbocycles. The van der Waals surface area contributed by atoms with E-state index >= 15 is 0 Å². The second-order valence-corrected chi connectivity index (χ2v) is 8.03. The minimum atomic E-state index is -0.353. The molecule has 3 amide bonds. The van der Waals surface area contributed by atoms with Gasteiger partial charge in [-0.1, -0.05) is 29.5 Å². The SMILES string of the molecule is Cc1ccc(C)c2sc(N(Cc3ccccn3)C(=O)CN3C(=O)CCC3=O)nc12. The molecular formula is C21H20N4O3S. The van der Waals surface area contributed by atoms with E-state index in [2.05, 4.69) is 4.98 Å². The molecule has 0 radical (unpaired) electrons. The zero-order valence-corrected chi connectivity index (χ0v) is 17.0. The molecule has 0 unspecified atom stereocenters. The normalized spacial score (nSPS) is 14.1. The number of pyridine rings is 1. The Hall–Kier alpha value is -3.13. The number of rotatable bonds is 5. The van der Waals surface area contributed by atoms with Crippen LogP contribution >= 0.6 is 11.3 Å². The van der Waals surface area contributed by atoms with Gasteiger partial charge >= 0.3 is 0 Å². The van der Waals surface area contributed by atoms with Crippen LogP contribution in [0.5, 0.6) is 0 Å². The van der Waals surface area contributed by atoms with E-state index in [4.69, 9.17) is 4.98 Å². The molecule has 7 nitrogen and oxygen atoms in total. The maximum Gasteiger partial charge on any atom is 0.249 e. The van der Waals surface area contributed by atoms with Gasteiger partial charge in [0.2, 0.25) is 17.7 Å². The predicted molar refractivity (Wildman–Crippen MR) is 110 cm³/mol. The number of hydrogen-bond donors (Lipinski definition) is 0. The summed E-state index contributed by atoms with van der Waals surface area (Å²) in [6, 6.07) is 9.53. The minimum absolute atomic E-state index is 0.159. The first kappa shape index (κ1) is 19.2. The lowest BCUT2D eigenvalue weighted by atomic mass is 10.1. The topological polar surface area (TPSA) is 83.5 Å². The standard InChI is InChI=1S/C21H20N4O3S/c1-13-6-7-14(2)20-19(13)23-21(29-20)25(11-15-5-3-4-10-22-15)18(28)12-24-16(26)8-9-17(24)27/h3-7,10H,8-9,11-12H2,1-2H3. The molecule has 0 atom stereocenters. The lowest BCUT2D eigenvalue weighted by Crippen LogP contribution is -2.42. The first-order valence-corrected chi connectivity index (χ1v) is 10.2. The van der Waals surface area contributed by atoms with Crippen molar-refractivity contribution >= 4 is 44.4 Å². The lowest BCUT2D eigenvalue weighted by Gasteiger charge is -2.22. The van der Waals surface area contributed by atoms with Crippen molar-refractivity contribution in [3.05, 3.63) is 53.3 Å². The van der Waals surface area contributed by atoms with Crippen molar-refractivity contribution in [2.45, 2.75) is 33.2 Å². The third kappa shape index (κ3) is 3.75. The Kier molecular flexibility index (Phi) is 5.10. The maximum atomic E-state index is 13.2. The first-order valence-electron chi connectivity index (χ1n) is 9.34. The fourth-order valence-electron chi connectivity index (χ4n) is 3.30. The summed E-state index contributed by atoms with van der Waals surface area (Å²) in [5.41, 5.74) is 3.68. The average molecular weight is 408 g/mol. The summed E-state index contributed by atoms with van der Waals surface area (Å²) in [5.74, 6) is -0.970. The Morgan fingerprint density at radius 1 is 1.10 bits per heavy atom. The van der Waals surface area contributed by atoms with E-state index in [0.29, 0.717) is 10.8 Å². The van der Waals surface area contributed by atoms with E-state index in [-0.39, 0.29) is 43.7 Å². The molecule has 3 heterocycles. The zero-order valence-electron chi connectivity index (χ0n) is 16.2. The van der Waals surface area contributed by atoms with Gasteiger partial charge in [-0.25, -0.2) is 4.98 Å². The number of thiazole rings is 1. The third-order valence-corrected chi connectivity index (χ3v) is 6.17. The summed E-state index contributed by atoms with van der Waals surface area (Å²) >= 11 is 1.43. The van der Waals surface area contributed by atoms with Gasteiger partial charge in [0, 0.05) is 19.0 Å². The molecule has 148 valence electrons. The second-order valence-electron chi connectivity index (χ2n) is 7.05. The van der Waals surface area contributed by atoms with Crippen LogP contribution in [0, 0.1) is 13.8 Å². The van der Waals surface area contributed by atoms with Gasteiger partial charge in [0.25, 0.3) is 0 Å². The molecule has 1 saturated heterocycles. The van der Waals surface area contributed by atoms with Gasteiger partial charge in [-0.15, -0.1) is 0 Å². The van der Waals surface area contributed by atoms with Crippen LogP contribution in [-0.4, -0.2) is 39.1 Å². The molecule has 1 aliphatic rings. The van der Waals surface area contributed by atoms with E-state index in [1.807, 2.05) is 44.2 Å². The maximum absolute atomic E-state index is 13.2. The van der Waals surface area contributed by atoms with Crippen LogP contribution < -0.4 is 4.90 Å². The predicted octanol–water partition coefficient (Wildman–Crippen LogP) is 2.99. The van der Waals surface area contributed by atoms with Crippen LogP contribution in [0.25, 0.3) is 10.2 Å². The summed E-state index contributed by atoms with van der Waals surface area (Å²) in [6.45, 7) is 3.93. The number of imide groups is 1. The highest BCUT2D eigenvalue weighted by atomic mass is 32.1. The highest BCUT2D eigenvalue weighted by molar-refractivity contribution is 7.22. The Balaban J connectivity index is 1.71. The number of anilines is 1. The van der Waals surface area contributed by atoms with Crippen LogP contribution in [0.1, 0.15) is 29.7 Å². The summed E-state index contributed by atoms with van der Waals surface area (Å²) < 4.78 is 1.02. The van der Waals surface area contributed by atoms with E-state index in [0.717, 1.165) is 26.2 Å². The number of amides is 3. The zero-order chi connectivity index (χ0) is 20.5. The van der Waals surface area contributed by atoms with E-state index in [1.165, 1.54) is 16.2 Å². The summed E-state index contributed by atoms with van der Waals surface area (Å²) in [5, 5.41) is 0.534. The first-order chi connectivity index (χ1) is 13.9. The number of benzene rings is 1. The molecule has 0 spiro atoms. The smallest absolute Gasteiger partial charge is 0.249 e.